The quantitative estimate of drug-likeness (QED) is 0.280. The summed E-state index contributed by atoms with van der Waals surface area (Å²) in [7, 11) is -4.64. The van der Waals surface area contributed by atoms with Gasteiger partial charge < -0.3 is 16.1 Å². The molecule has 0 aliphatic rings. The summed E-state index contributed by atoms with van der Waals surface area (Å²) in [6.45, 7) is 0. The predicted octanol–water partition coefficient (Wildman–Crippen LogP) is -5.15. The van der Waals surface area contributed by atoms with Crippen molar-refractivity contribution in [1.82, 2.24) is 0 Å². The predicted molar refractivity (Wildman–Crippen MR) is 37.1 cm³/mol. The summed E-state index contributed by atoms with van der Waals surface area (Å²) in [5, 5.41) is 0. The molecule has 0 radical (unpaired) electrons. The maximum atomic E-state index is 8.88. The van der Waals surface area contributed by atoms with Gasteiger partial charge in [-0.15, -0.1) is 0 Å². The molecule has 0 unspecified atom stereocenters. The molecule has 0 atom stereocenters. The van der Waals surface area contributed by atoms with Crippen molar-refractivity contribution in [2.45, 2.75) is 0 Å². The molecule has 8 heavy (non-hydrogen) atoms. The molecule has 0 bridgehead atoms. The van der Waals surface area contributed by atoms with Gasteiger partial charge in [0.15, 0.2) is 0 Å². The summed E-state index contributed by atoms with van der Waals surface area (Å²) in [4.78, 5) is 21.6. The van der Waals surface area contributed by atoms with E-state index in [0.29, 0.717) is 0 Å². The molecule has 0 aromatic heterocycles. The largest absolute Gasteiger partial charge is 1.00 e. The molecule has 0 heterocycles. The molecule has 0 saturated heterocycles. The number of hydrogen-bond acceptors (Lipinski definition) is 1. The molecule has 3 N–H and O–H groups in total. The van der Waals surface area contributed by atoms with Crippen LogP contribution in [0.3, 0.4) is 0 Å². The zero-order valence-electron chi connectivity index (χ0n) is 4.70. The van der Waals surface area contributed by atoms with E-state index >= 15 is 0 Å². The molecule has 0 fully saturated rings. The van der Waals surface area contributed by atoms with Crippen molar-refractivity contribution in [3.8, 4) is 0 Å². The van der Waals surface area contributed by atoms with Gasteiger partial charge in [0.2, 0.25) is 0 Å². The van der Waals surface area contributed by atoms with Crippen LogP contribution in [-0.2, 0) is 4.57 Å². The van der Waals surface area contributed by atoms with Gasteiger partial charge in [0.05, 0.1) is 0 Å². The van der Waals surface area contributed by atoms with Crippen LogP contribution in [0.1, 0.15) is 1.43 Å². The Hall–Kier alpha value is 1.60. The average Bonchev–Trinajstić information content (AvgIpc) is 0.722. The smallest absolute Gasteiger partial charge is 1.00 e. The molecule has 0 aliphatic carbocycles. The minimum absolute atomic E-state index is 0. The van der Waals surface area contributed by atoms with E-state index in [4.69, 9.17) is 19.2 Å². The van der Waals surface area contributed by atoms with Crippen molar-refractivity contribution in [3.63, 3.8) is 0 Å². The molecule has 0 amide bonds. The summed E-state index contributed by atoms with van der Waals surface area (Å²) in [5.74, 6) is 0. The Kier molecular flexibility index (Phi) is 24.3. The summed E-state index contributed by atoms with van der Waals surface area (Å²) in [5.41, 5.74) is 0. The van der Waals surface area contributed by atoms with Crippen LogP contribution in [-0.4, -0.2) is 32.3 Å². The zero-order valence-corrected chi connectivity index (χ0v) is 5.59. The number of phosphoric acid groups is 1. The Balaban J connectivity index is -0.0000000133. The first-order valence-electron chi connectivity index (χ1n) is 0.783. The van der Waals surface area contributed by atoms with Crippen LogP contribution in [0.2, 0.25) is 0 Å². The Morgan fingerprint density at radius 1 is 1.25 bits per heavy atom. The maximum absolute atomic E-state index is 8.88. The Bertz CT molecular complexity index is 66.7. The van der Waals surface area contributed by atoms with Crippen LogP contribution >= 0.6 is 21.3 Å². The monoisotopic (exact) mass is 218 g/mol. The fraction of sp³-hybridized carbons (Fsp3) is 0. The van der Waals surface area contributed by atoms with Gasteiger partial charge in [-0.05, 0) is 0 Å². The average molecular weight is 217 g/mol. The van der Waals surface area contributed by atoms with Crippen LogP contribution in [0.4, 0.5) is 0 Å². The molecule has 0 aromatic carbocycles. The van der Waals surface area contributed by atoms with E-state index in [2.05, 4.69) is 0 Å². The first-order valence-corrected chi connectivity index (χ1v) is 2.35. The molecular formula is H10GeLiO4PS. The summed E-state index contributed by atoms with van der Waals surface area (Å²) >= 11 is 0. The molecule has 8 heteroatoms. The van der Waals surface area contributed by atoms with Crippen LogP contribution in [0.15, 0.2) is 0 Å². The minimum Gasteiger partial charge on any atom is -1.00 e. The molecule has 0 rings (SSSR count). The van der Waals surface area contributed by atoms with Crippen LogP contribution < -0.4 is 18.9 Å². The second-order valence-electron chi connectivity index (χ2n) is 0.513. The second-order valence-corrected chi connectivity index (χ2v) is 1.54. The second kappa shape index (κ2) is 8.60. The first-order chi connectivity index (χ1) is 2.00. The van der Waals surface area contributed by atoms with Crippen LogP contribution in [0, 0.1) is 0 Å². The van der Waals surface area contributed by atoms with E-state index in [1.54, 1.807) is 0 Å². The van der Waals surface area contributed by atoms with Gasteiger partial charge in [0.1, 0.15) is 0 Å². The fourth-order valence-corrected chi connectivity index (χ4v) is 0. The molecule has 0 spiro atoms. The summed E-state index contributed by atoms with van der Waals surface area (Å²) in [6.07, 6.45) is 0. The molecule has 0 aliphatic heterocycles. The third kappa shape index (κ3) is 129. The Morgan fingerprint density at radius 3 is 1.25 bits per heavy atom. The molecule has 0 aromatic rings. The molecule has 50 valence electrons. The molecular weight excluding hydrogens is 207 g/mol. The van der Waals surface area contributed by atoms with E-state index in [9.17, 15) is 0 Å². The zero-order chi connectivity index (χ0) is 4.50. The summed E-state index contributed by atoms with van der Waals surface area (Å²) < 4.78 is 8.88. The van der Waals surface area contributed by atoms with Gasteiger partial charge in [0, 0.05) is 0 Å². The van der Waals surface area contributed by atoms with Crippen molar-refractivity contribution in [3.05, 3.63) is 0 Å². The Labute approximate surface area is 78.4 Å². The van der Waals surface area contributed by atoms with Crippen molar-refractivity contribution >= 4 is 38.9 Å². The summed E-state index contributed by atoms with van der Waals surface area (Å²) in [6, 6.07) is 0. The van der Waals surface area contributed by atoms with E-state index in [0.717, 1.165) is 0 Å². The van der Waals surface area contributed by atoms with Gasteiger partial charge in [-0.1, -0.05) is 0 Å². The van der Waals surface area contributed by atoms with Crippen LogP contribution in [0.5, 0.6) is 0 Å². The van der Waals surface area contributed by atoms with Gasteiger partial charge in [-0.25, -0.2) is 4.57 Å². The topological polar surface area (TPSA) is 77.8 Å². The standard InChI is InChI=1S/GeH4.Li.H3O4P.H2S.H/c;;1-5(2,3)4;;/h1H4;;(H3,1,2,3,4);1H2;/q;+1;;;-1. The maximum Gasteiger partial charge on any atom is 1.00 e. The normalized spacial score (nSPS) is 7.38. The third-order valence-corrected chi connectivity index (χ3v) is 0. The van der Waals surface area contributed by atoms with Gasteiger partial charge >= 0.3 is 44.3 Å². The van der Waals surface area contributed by atoms with Gasteiger partial charge in [0.25, 0.3) is 0 Å². The fourth-order valence-electron chi connectivity index (χ4n) is 0. The SMILES string of the molecule is O=P(O)(O)O.S.[GeH4].[H-].[Li+]. The molecule has 4 nitrogen and oxygen atoms in total. The molecule has 0 saturated carbocycles. The van der Waals surface area contributed by atoms with E-state index < -0.39 is 7.82 Å². The van der Waals surface area contributed by atoms with E-state index in [1.165, 1.54) is 0 Å². The van der Waals surface area contributed by atoms with Crippen molar-refractivity contribution < 1.29 is 39.5 Å². The van der Waals surface area contributed by atoms with Crippen molar-refractivity contribution in [2.75, 3.05) is 0 Å². The Morgan fingerprint density at radius 2 is 1.25 bits per heavy atom. The third-order valence-electron chi connectivity index (χ3n) is 0. The van der Waals surface area contributed by atoms with E-state index in [-0.39, 0.29) is 51.4 Å². The number of rotatable bonds is 0. The number of hydrogen-bond donors (Lipinski definition) is 3. The van der Waals surface area contributed by atoms with Gasteiger partial charge in [-0.2, -0.15) is 13.5 Å². The van der Waals surface area contributed by atoms with Crippen molar-refractivity contribution in [1.29, 1.82) is 0 Å². The van der Waals surface area contributed by atoms with Gasteiger partial charge in [-0.3, -0.25) is 0 Å². The minimum atomic E-state index is -4.64. The first kappa shape index (κ1) is 22.6. The van der Waals surface area contributed by atoms with Crippen molar-refractivity contribution in [2.24, 2.45) is 0 Å². The van der Waals surface area contributed by atoms with E-state index in [1.807, 2.05) is 0 Å². The van der Waals surface area contributed by atoms with Crippen LogP contribution in [0.25, 0.3) is 0 Å².